The topological polar surface area (TPSA) is 66.2 Å². The van der Waals surface area contributed by atoms with E-state index in [9.17, 15) is 8.78 Å². The van der Waals surface area contributed by atoms with E-state index in [1.165, 1.54) is 35.2 Å². The molecule has 4 rings (SSSR count). The Morgan fingerprint density at radius 1 is 1.10 bits per heavy atom. The summed E-state index contributed by atoms with van der Waals surface area (Å²) in [4.78, 5) is 7.31. The standard InChI is InChI=1S/C22H25F2N5S/c1-13-11-29(12-14(2)26-13)16-8-6-15(7-9-16)27-22-28-21(25)20(30-22)10-17-18(23)4-3-5-19(17)24/h3-9,13-14,26H,10-12,25H2,1-2H3,(H,27,28). The minimum absolute atomic E-state index is 0.00299. The van der Waals surface area contributed by atoms with Crippen molar-refractivity contribution in [3.63, 3.8) is 0 Å². The second kappa shape index (κ2) is 8.57. The fourth-order valence-electron chi connectivity index (χ4n) is 3.82. The van der Waals surface area contributed by atoms with Gasteiger partial charge >= 0.3 is 0 Å². The van der Waals surface area contributed by atoms with Gasteiger partial charge in [0.1, 0.15) is 17.5 Å². The third kappa shape index (κ3) is 4.55. The molecular formula is C22H25F2N5S. The van der Waals surface area contributed by atoms with E-state index >= 15 is 0 Å². The lowest BCUT2D eigenvalue weighted by atomic mass is 10.1. The Morgan fingerprint density at radius 3 is 2.37 bits per heavy atom. The number of halogens is 2. The van der Waals surface area contributed by atoms with Gasteiger partial charge in [-0.25, -0.2) is 13.8 Å². The third-order valence-electron chi connectivity index (χ3n) is 5.17. The number of thiazole rings is 1. The zero-order chi connectivity index (χ0) is 21.3. The summed E-state index contributed by atoms with van der Waals surface area (Å²) in [5.41, 5.74) is 8.05. The number of rotatable bonds is 5. The number of benzene rings is 2. The molecule has 2 unspecified atom stereocenters. The van der Waals surface area contributed by atoms with Gasteiger partial charge in [0.15, 0.2) is 5.13 Å². The van der Waals surface area contributed by atoms with Crippen LogP contribution in [0.5, 0.6) is 0 Å². The van der Waals surface area contributed by atoms with Gasteiger partial charge in [0, 0.05) is 48.5 Å². The van der Waals surface area contributed by atoms with Gasteiger partial charge < -0.3 is 21.3 Å². The number of nitrogen functional groups attached to an aromatic ring is 1. The molecule has 1 fully saturated rings. The summed E-state index contributed by atoms with van der Waals surface area (Å²) < 4.78 is 27.9. The summed E-state index contributed by atoms with van der Waals surface area (Å²) in [5, 5.41) is 7.37. The van der Waals surface area contributed by atoms with Crippen molar-refractivity contribution in [2.45, 2.75) is 32.4 Å². The van der Waals surface area contributed by atoms with E-state index in [1.54, 1.807) is 0 Å². The molecule has 2 aromatic carbocycles. The minimum Gasteiger partial charge on any atom is -0.383 e. The highest BCUT2D eigenvalue weighted by molar-refractivity contribution is 7.16. The highest BCUT2D eigenvalue weighted by Gasteiger charge is 2.21. The molecule has 0 saturated carbocycles. The lowest BCUT2D eigenvalue weighted by Gasteiger charge is -2.37. The van der Waals surface area contributed by atoms with E-state index in [1.807, 2.05) is 12.1 Å². The Labute approximate surface area is 178 Å². The fourth-order valence-corrected chi connectivity index (χ4v) is 4.74. The first kappa shape index (κ1) is 20.6. The number of nitrogens with zero attached hydrogens (tertiary/aromatic N) is 2. The molecule has 1 aliphatic heterocycles. The Bertz CT molecular complexity index is 991. The maximum atomic E-state index is 13.9. The average molecular weight is 430 g/mol. The van der Waals surface area contributed by atoms with Gasteiger partial charge in [-0.05, 0) is 50.2 Å². The maximum Gasteiger partial charge on any atom is 0.189 e. The van der Waals surface area contributed by atoms with Crippen LogP contribution in [0.1, 0.15) is 24.3 Å². The Hall–Kier alpha value is -2.71. The number of anilines is 4. The van der Waals surface area contributed by atoms with E-state index < -0.39 is 11.6 Å². The molecular weight excluding hydrogens is 404 g/mol. The number of hydrogen-bond acceptors (Lipinski definition) is 6. The maximum absolute atomic E-state index is 13.9. The summed E-state index contributed by atoms with van der Waals surface area (Å²) in [6.07, 6.45) is 0.0714. The van der Waals surface area contributed by atoms with Crippen LogP contribution in [-0.2, 0) is 6.42 Å². The number of hydrogen-bond donors (Lipinski definition) is 3. The zero-order valence-corrected chi connectivity index (χ0v) is 17.8. The van der Waals surface area contributed by atoms with E-state index in [4.69, 9.17) is 5.73 Å². The molecule has 3 aromatic rings. The molecule has 0 aliphatic carbocycles. The fraction of sp³-hybridized carbons (Fsp3) is 0.318. The van der Waals surface area contributed by atoms with Gasteiger partial charge in [0.05, 0.1) is 4.88 Å². The van der Waals surface area contributed by atoms with Crippen LogP contribution in [0.25, 0.3) is 0 Å². The first-order chi connectivity index (χ1) is 14.4. The predicted molar refractivity (Wildman–Crippen MR) is 120 cm³/mol. The molecule has 0 radical (unpaired) electrons. The van der Waals surface area contributed by atoms with E-state index in [0.29, 0.717) is 22.1 Å². The van der Waals surface area contributed by atoms with Crippen LogP contribution in [0.4, 0.5) is 31.1 Å². The van der Waals surface area contributed by atoms with E-state index in [2.05, 4.69) is 46.5 Å². The molecule has 0 spiro atoms. The largest absolute Gasteiger partial charge is 0.383 e. The molecule has 0 amide bonds. The molecule has 1 saturated heterocycles. The molecule has 1 aliphatic rings. The third-order valence-corrected chi connectivity index (χ3v) is 6.15. The monoisotopic (exact) mass is 429 g/mol. The number of nitrogens with one attached hydrogen (secondary N) is 2. The first-order valence-corrected chi connectivity index (χ1v) is 10.8. The van der Waals surface area contributed by atoms with Crippen LogP contribution in [0.3, 0.4) is 0 Å². The summed E-state index contributed by atoms with van der Waals surface area (Å²) >= 11 is 1.30. The van der Waals surface area contributed by atoms with Crippen molar-refractivity contribution in [1.29, 1.82) is 0 Å². The average Bonchev–Trinajstić information content (AvgIpc) is 3.03. The van der Waals surface area contributed by atoms with E-state index in [-0.39, 0.29) is 17.8 Å². The van der Waals surface area contributed by atoms with Crippen LogP contribution in [0.2, 0.25) is 0 Å². The van der Waals surface area contributed by atoms with Crippen LogP contribution in [0.15, 0.2) is 42.5 Å². The molecule has 0 bridgehead atoms. The van der Waals surface area contributed by atoms with Gasteiger partial charge in [-0.2, -0.15) is 0 Å². The quantitative estimate of drug-likeness (QED) is 0.556. The number of piperazine rings is 1. The predicted octanol–water partition coefficient (Wildman–Crippen LogP) is 4.52. The molecule has 2 heterocycles. The van der Waals surface area contributed by atoms with Crippen molar-refractivity contribution in [2.24, 2.45) is 0 Å². The van der Waals surface area contributed by atoms with Crippen LogP contribution in [-0.4, -0.2) is 30.2 Å². The van der Waals surface area contributed by atoms with E-state index in [0.717, 1.165) is 18.8 Å². The van der Waals surface area contributed by atoms with Crippen LogP contribution < -0.4 is 21.3 Å². The Kier molecular flexibility index (Phi) is 5.87. The summed E-state index contributed by atoms with van der Waals surface area (Å²) in [6.45, 7) is 6.32. The summed E-state index contributed by atoms with van der Waals surface area (Å²) in [7, 11) is 0. The van der Waals surface area contributed by atoms with Crippen LogP contribution in [0, 0.1) is 11.6 Å². The van der Waals surface area contributed by atoms with Gasteiger partial charge in [0.2, 0.25) is 0 Å². The van der Waals surface area contributed by atoms with Crippen LogP contribution >= 0.6 is 11.3 Å². The van der Waals surface area contributed by atoms with Crippen molar-refractivity contribution >= 4 is 33.7 Å². The Balaban J connectivity index is 1.45. The normalized spacial score (nSPS) is 19.1. The van der Waals surface area contributed by atoms with Gasteiger partial charge in [-0.3, -0.25) is 0 Å². The zero-order valence-electron chi connectivity index (χ0n) is 17.0. The second-order valence-corrected chi connectivity index (χ2v) is 8.83. The molecule has 4 N–H and O–H groups in total. The highest BCUT2D eigenvalue weighted by atomic mass is 32.1. The summed E-state index contributed by atoms with van der Waals surface area (Å²) in [5.74, 6) is -0.876. The number of aromatic nitrogens is 1. The van der Waals surface area contributed by atoms with Crippen molar-refractivity contribution in [3.8, 4) is 0 Å². The SMILES string of the molecule is CC1CN(c2ccc(Nc3nc(N)c(Cc4c(F)cccc4F)s3)cc2)CC(C)N1. The minimum atomic E-state index is -0.579. The molecule has 158 valence electrons. The van der Waals surface area contributed by atoms with Crippen molar-refractivity contribution in [2.75, 3.05) is 29.0 Å². The molecule has 2 atom stereocenters. The lowest BCUT2D eigenvalue weighted by molar-refractivity contribution is 0.407. The molecule has 5 nitrogen and oxygen atoms in total. The summed E-state index contributed by atoms with van der Waals surface area (Å²) in [6, 6.07) is 12.9. The highest BCUT2D eigenvalue weighted by Crippen LogP contribution is 2.31. The van der Waals surface area contributed by atoms with Gasteiger partial charge in [0.25, 0.3) is 0 Å². The second-order valence-electron chi connectivity index (χ2n) is 7.75. The van der Waals surface area contributed by atoms with Crippen molar-refractivity contribution in [3.05, 3.63) is 64.5 Å². The first-order valence-electron chi connectivity index (χ1n) is 9.95. The molecule has 8 heteroatoms. The van der Waals surface area contributed by atoms with Gasteiger partial charge in [-0.1, -0.05) is 17.4 Å². The van der Waals surface area contributed by atoms with Crippen molar-refractivity contribution in [1.82, 2.24) is 10.3 Å². The molecule has 30 heavy (non-hydrogen) atoms. The molecule has 1 aromatic heterocycles. The lowest BCUT2D eigenvalue weighted by Crippen LogP contribution is -2.54. The number of nitrogens with two attached hydrogens (primary N) is 1. The Morgan fingerprint density at radius 2 is 1.73 bits per heavy atom. The van der Waals surface area contributed by atoms with Crippen molar-refractivity contribution < 1.29 is 8.78 Å². The van der Waals surface area contributed by atoms with Gasteiger partial charge in [-0.15, -0.1) is 0 Å². The smallest absolute Gasteiger partial charge is 0.189 e.